The highest BCUT2D eigenvalue weighted by Crippen LogP contribution is 2.22. The van der Waals surface area contributed by atoms with Gasteiger partial charge in [0, 0.05) is 18.2 Å². The van der Waals surface area contributed by atoms with Crippen LogP contribution in [-0.2, 0) is 4.79 Å². The van der Waals surface area contributed by atoms with E-state index in [2.05, 4.69) is 5.32 Å². The second-order valence-electron chi connectivity index (χ2n) is 5.48. The van der Waals surface area contributed by atoms with E-state index in [1.54, 1.807) is 6.92 Å². The standard InChI is InChI=1S/C15H20ClFN2O2/c1-10(19-6-2-3-11(8-19)9-20)15(21)18-14-7-12(16)4-5-13(14)17/h4-5,7,10-11,20H,2-3,6,8-9H2,1H3,(H,18,21). The molecule has 4 nitrogen and oxygen atoms in total. The average molecular weight is 315 g/mol. The highest BCUT2D eigenvalue weighted by atomic mass is 35.5. The van der Waals surface area contributed by atoms with Gasteiger partial charge in [0.05, 0.1) is 11.7 Å². The smallest absolute Gasteiger partial charge is 0.241 e. The summed E-state index contributed by atoms with van der Waals surface area (Å²) in [6.45, 7) is 3.41. The van der Waals surface area contributed by atoms with E-state index < -0.39 is 5.82 Å². The Labute approximate surface area is 128 Å². The van der Waals surface area contributed by atoms with Crippen LogP contribution in [0.25, 0.3) is 0 Å². The molecular formula is C15H20ClFN2O2. The summed E-state index contributed by atoms with van der Waals surface area (Å²) in [6.07, 6.45) is 1.93. The zero-order valence-electron chi connectivity index (χ0n) is 12.0. The predicted octanol–water partition coefficient (Wildman–Crippen LogP) is 2.51. The van der Waals surface area contributed by atoms with Crippen molar-refractivity contribution >= 4 is 23.2 Å². The minimum absolute atomic E-state index is 0.0927. The van der Waals surface area contributed by atoms with Gasteiger partial charge in [0.15, 0.2) is 0 Å². The van der Waals surface area contributed by atoms with Crippen LogP contribution in [0.15, 0.2) is 18.2 Å². The predicted molar refractivity (Wildman–Crippen MR) is 80.9 cm³/mol. The number of benzene rings is 1. The second kappa shape index (κ2) is 7.20. The van der Waals surface area contributed by atoms with E-state index in [1.807, 2.05) is 4.90 Å². The van der Waals surface area contributed by atoms with Crippen molar-refractivity contribution in [2.75, 3.05) is 25.0 Å². The Bertz CT molecular complexity index is 512. The number of piperidine rings is 1. The van der Waals surface area contributed by atoms with Gasteiger partial charge in [-0.3, -0.25) is 9.69 Å². The molecule has 1 amide bonds. The lowest BCUT2D eigenvalue weighted by molar-refractivity contribution is -0.121. The van der Waals surface area contributed by atoms with Crippen molar-refractivity contribution in [3.63, 3.8) is 0 Å². The number of anilines is 1. The quantitative estimate of drug-likeness (QED) is 0.898. The molecule has 2 N–H and O–H groups in total. The molecule has 1 heterocycles. The zero-order valence-corrected chi connectivity index (χ0v) is 12.7. The molecule has 0 saturated carbocycles. The third-order valence-corrected chi connectivity index (χ3v) is 4.16. The summed E-state index contributed by atoms with van der Waals surface area (Å²) in [5.74, 6) is -0.571. The molecule has 0 spiro atoms. The molecule has 0 aliphatic carbocycles. The Hall–Kier alpha value is -1.17. The van der Waals surface area contributed by atoms with Gasteiger partial charge in [0.2, 0.25) is 5.91 Å². The lowest BCUT2D eigenvalue weighted by atomic mass is 9.97. The van der Waals surface area contributed by atoms with Crippen molar-refractivity contribution in [1.29, 1.82) is 0 Å². The van der Waals surface area contributed by atoms with E-state index in [-0.39, 0.29) is 30.2 Å². The highest BCUT2D eigenvalue weighted by Gasteiger charge is 2.27. The van der Waals surface area contributed by atoms with Crippen LogP contribution in [0.2, 0.25) is 5.02 Å². The molecular weight excluding hydrogens is 295 g/mol. The second-order valence-corrected chi connectivity index (χ2v) is 5.91. The average Bonchev–Trinajstić information content (AvgIpc) is 2.50. The van der Waals surface area contributed by atoms with Gasteiger partial charge < -0.3 is 10.4 Å². The van der Waals surface area contributed by atoms with E-state index in [4.69, 9.17) is 11.6 Å². The Morgan fingerprint density at radius 3 is 3.10 bits per heavy atom. The van der Waals surface area contributed by atoms with Crippen LogP contribution >= 0.6 is 11.6 Å². The molecule has 0 radical (unpaired) electrons. The first kappa shape index (κ1) is 16.2. The number of amides is 1. The first-order valence-electron chi connectivity index (χ1n) is 7.12. The van der Waals surface area contributed by atoms with Crippen molar-refractivity contribution in [2.24, 2.45) is 5.92 Å². The maximum absolute atomic E-state index is 13.6. The normalized spacial score (nSPS) is 21.0. The fourth-order valence-electron chi connectivity index (χ4n) is 2.59. The van der Waals surface area contributed by atoms with Gasteiger partial charge in [-0.15, -0.1) is 0 Å². The maximum Gasteiger partial charge on any atom is 0.241 e. The number of carbonyl (C=O) groups is 1. The van der Waals surface area contributed by atoms with E-state index in [1.165, 1.54) is 18.2 Å². The number of likely N-dealkylation sites (tertiary alicyclic amines) is 1. The summed E-state index contributed by atoms with van der Waals surface area (Å²) in [5.41, 5.74) is 0.0927. The van der Waals surface area contributed by atoms with Crippen LogP contribution in [0.5, 0.6) is 0 Å². The molecule has 0 bridgehead atoms. The van der Waals surface area contributed by atoms with Crippen LogP contribution < -0.4 is 5.32 Å². The van der Waals surface area contributed by atoms with Crippen LogP contribution in [0.4, 0.5) is 10.1 Å². The molecule has 2 unspecified atom stereocenters. The van der Waals surface area contributed by atoms with Crippen LogP contribution in [0.3, 0.4) is 0 Å². The van der Waals surface area contributed by atoms with Gasteiger partial charge in [-0.1, -0.05) is 11.6 Å². The Morgan fingerprint density at radius 2 is 2.38 bits per heavy atom. The molecule has 1 saturated heterocycles. The fraction of sp³-hybridized carbons (Fsp3) is 0.533. The Balaban J connectivity index is 2.00. The van der Waals surface area contributed by atoms with Crippen LogP contribution in [-0.4, -0.2) is 41.7 Å². The van der Waals surface area contributed by atoms with Gasteiger partial charge in [0.1, 0.15) is 5.82 Å². The van der Waals surface area contributed by atoms with Crippen molar-refractivity contribution < 1.29 is 14.3 Å². The first-order chi connectivity index (χ1) is 10.0. The summed E-state index contributed by atoms with van der Waals surface area (Å²) < 4.78 is 13.6. The molecule has 116 valence electrons. The summed E-state index contributed by atoms with van der Waals surface area (Å²) in [6, 6.07) is 3.68. The number of hydrogen-bond acceptors (Lipinski definition) is 3. The third kappa shape index (κ3) is 4.15. The monoisotopic (exact) mass is 314 g/mol. The molecule has 1 fully saturated rings. The van der Waals surface area contributed by atoms with Crippen molar-refractivity contribution in [2.45, 2.75) is 25.8 Å². The van der Waals surface area contributed by atoms with Gasteiger partial charge in [-0.2, -0.15) is 0 Å². The number of aliphatic hydroxyl groups is 1. The summed E-state index contributed by atoms with van der Waals surface area (Å²) in [5, 5.41) is 12.2. The van der Waals surface area contributed by atoms with Gasteiger partial charge >= 0.3 is 0 Å². The van der Waals surface area contributed by atoms with Crippen molar-refractivity contribution in [3.05, 3.63) is 29.0 Å². The first-order valence-corrected chi connectivity index (χ1v) is 7.50. The van der Waals surface area contributed by atoms with E-state index in [0.29, 0.717) is 11.6 Å². The Morgan fingerprint density at radius 1 is 1.62 bits per heavy atom. The topological polar surface area (TPSA) is 52.6 Å². The van der Waals surface area contributed by atoms with Gasteiger partial charge in [-0.25, -0.2) is 4.39 Å². The zero-order chi connectivity index (χ0) is 15.4. The van der Waals surface area contributed by atoms with E-state index >= 15 is 0 Å². The number of aliphatic hydroxyl groups excluding tert-OH is 1. The molecule has 0 aromatic heterocycles. The lowest BCUT2D eigenvalue weighted by Gasteiger charge is -2.35. The van der Waals surface area contributed by atoms with E-state index in [9.17, 15) is 14.3 Å². The fourth-order valence-corrected chi connectivity index (χ4v) is 2.77. The Kier molecular flexibility index (Phi) is 5.56. The number of halogens is 2. The largest absolute Gasteiger partial charge is 0.396 e. The van der Waals surface area contributed by atoms with Gasteiger partial charge in [-0.05, 0) is 50.4 Å². The molecule has 21 heavy (non-hydrogen) atoms. The molecule has 1 aliphatic rings. The molecule has 1 aromatic rings. The van der Waals surface area contributed by atoms with Crippen molar-refractivity contribution in [3.8, 4) is 0 Å². The maximum atomic E-state index is 13.6. The molecule has 2 atom stereocenters. The number of nitrogens with one attached hydrogen (secondary N) is 1. The molecule has 6 heteroatoms. The minimum atomic E-state index is -0.508. The number of rotatable bonds is 4. The third-order valence-electron chi connectivity index (χ3n) is 3.92. The summed E-state index contributed by atoms with van der Waals surface area (Å²) >= 11 is 5.81. The van der Waals surface area contributed by atoms with Gasteiger partial charge in [0.25, 0.3) is 0 Å². The number of nitrogens with zero attached hydrogens (tertiary/aromatic N) is 1. The summed E-state index contributed by atoms with van der Waals surface area (Å²) in [7, 11) is 0. The molecule has 2 rings (SSSR count). The van der Waals surface area contributed by atoms with Crippen molar-refractivity contribution in [1.82, 2.24) is 4.90 Å². The van der Waals surface area contributed by atoms with Crippen LogP contribution in [0.1, 0.15) is 19.8 Å². The molecule has 1 aliphatic heterocycles. The van der Waals surface area contributed by atoms with E-state index in [0.717, 1.165) is 19.4 Å². The lowest BCUT2D eigenvalue weighted by Crippen LogP contribution is -2.47. The summed E-state index contributed by atoms with van der Waals surface area (Å²) in [4.78, 5) is 14.3. The SMILES string of the molecule is CC(C(=O)Nc1cc(Cl)ccc1F)N1CCCC(CO)C1. The van der Waals surface area contributed by atoms with Crippen LogP contribution in [0, 0.1) is 11.7 Å². The minimum Gasteiger partial charge on any atom is -0.396 e. The highest BCUT2D eigenvalue weighted by molar-refractivity contribution is 6.30. The number of hydrogen-bond donors (Lipinski definition) is 2. The number of carbonyl (C=O) groups excluding carboxylic acids is 1. The molecule has 1 aromatic carbocycles.